The van der Waals surface area contributed by atoms with E-state index in [-0.39, 0.29) is 69.7 Å². The molecular weight excluding hydrogens is 440 g/mol. The number of sulfonamides is 1. The third kappa shape index (κ3) is 6.45. The Morgan fingerprint density at radius 3 is 2.57 bits per heavy atom. The first-order valence-electron chi connectivity index (χ1n) is 7.45. The van der Waals surface area contributed by atoms with Crippen molar-refractivity contribution in [2.24, 2.45) is 0 Å². The molecule has 2 rings (SSSR count). The first-order chi connectivity index (χ1) is 12.8. The molecule has 148 valence electrons. The van der Waals surface area contributed by atoms with Crippen LogP contribution in [0, 0.1) is 0 Å². The number of benzene rings is 1. The van der Waals surface area contributed by atoms with Crippen LogP contribution in [-0.4, -0.2) is 81.8 Å². The molecule has 2 N–H and O–H groups in total. The van der Waals surface area contributed by atoms with Crippen molar-refractivity contribution in [3.8, 4) is 5.88 Å². The molecule has 1 aromatic carbocycles. The Bertz CT molecular complexity index is 983. The molecule has 0 aliphatic heterocycles. The Morgan fingerprint density at radius 2 is 1.93 bits per heavy atom. The van der Waals surface area contributed by atoms with Crippen LogP contribution in [0.15, 0.2) is 35.2 Å². The Labute approximate surface area is 199 Å². The van der Waals surface area contributed by atoms with Crippen molar-refractivity contribution in [1.82, 2.24) is 14.7 Å². The number of carbonyl (C=O) groups excluding carboxylic acids is 2. The van der Waals surface area contributed by atoms with E-state index in [4.69, 9.17) is 21.1 Å². The van der Waals surface area contributed by atoms with E-state index >= 15 is 0 Å². The molecular formula is C15H17CaClN4O6S. The van der Waals surface area contributed by atoms with Gasteiger partial charge in [0.25, 0.3) is 10.0 Å². The number of nitrogens with one attached hydrogen (secondary N) is 2. The van der Waals surface area contributed by atoms with Crippen LogP contribution in [0.4, 0.5) is 10.7 Å². The molecule has 10 nitrogen and oxygen atoms in total. The number of methoxy groups -OCH3 is 1. The largest absolute Gasteiger partial charge is 2.00 e. The number of carbonyl (C=O) groups is 2. The average Bonchev–Trinajstić information content (AvgIpc) is 2.60. The van der Waals surface area contributed by atoms with Gasteiger partial charge < -0.3 is 12.3 Å². The fourth-order valence-corrected chi connectivity index (χ4v) is 3.22. The summed E-state index contributed by atoms with van der Waals surface area (Å²) in [4.78, 5) is 31.1. The summed E-state index contributed by atoms with van der Waals surface area (Å²) in [5.74, 6) is -1.03. The zero-order valence-corrected chi connectivity index (χ0v) is 18.7. The van der Waals surface area contributed by atoms with E-state index in [1.54, 1.807) is 11.6 Å². The van der Waals surface area contributed by atoms with Gasteiger partial charge in [-0.3, -0.25) is 5.32 Å². The Morgan fingerprint density at radius 1 is 1.25 bits per heavy atom. The topological polar surface area (TPSA) is 137 Å². The number of hydrogen-bond donors (Lipinski definition) is 2. The number of rotatable bonds is 6. The second-order valence-corrected chi connectivity index (χ2v) is 6.87. The van der Waals surface area contributed by atoms with E-state index in [1.807, 2.05) is 0 Å². The van der Waals surface area contributed by atoms with E-state index < -0.39 is 26.9 Å². The molecule has 0 aliphatic carbocycles. The maximum atomic E-state index is 12.5. The molecule has 0 unspecified atom stereocenters. The summed E-state index contributed by atoms with van der Waals surface area (Å²) in [5, 5.41) is 2.10. The van der Waals surface area contributed by atoms with Crippen LogP contribution >= 0.6 is 11.6 Å². The molecule has 0 saturated carbocycles. The number of esters is 1. The smallest absolute Gasteiger partial charge is 1.00 e. The number of aromatic nitrogens is 2. The predicted octanol–water partition coefficient (Wildman–Crippen LogP) is 1.67. The van der Waals surface area contributed by atoms with E-state index in [0.29, 0.717) is 0 Å². The average molecular weight is 457 g/mol. The summed E-state index contributed by atoms with van der Waals surface area (Å²) in [6.07, 6.45) is 0. The van der Waals surface area contributed by atoms with Crippen molar-refractivity contribution >= 4 is 77.3 Å². The summed E-state index contributed by atoms with van der Waals surface area (Å²) in [5.41, 5.74) is -0.208. The molecule has 28 heavy (non-hydrogen) atoms. The van der Waals surface area contributed by atoms with Crippen LogP contribution in [0.1, 0.15) is 20.1 Å². The summed E-state index contributed by atoms with van der Waals surface area (Å²) in [6.45, 7) is 1.65. The third-order valence-electron chi connectivity index (χ3n) is 3.00. The van der Waals surface area contributed by atoms with Gasteiger partial charge >= 0.3 is 49.7 Å². The van der Waals surface area contributed by atoms with E-state index in [1.165, 1.54) is 37.4 Å². The number of hydrogen-bond acceptors (Lipinski definition) is 8. The quantitative estimate of drug-likeness (QED) is 0.380. The monoisotopic (exact) mass is 456 g/mol. The molecule has 13 heteroatoms. The fourth-order valence-electron chi connectivity index (χ4n) is 1.94. The van der Waals surface area contributed by atoms with Gasteiger partial charge in [-0.05, 0) is 19.1 Å². The van der Waals surface area contributed by atoms with Gasteiger partial charge in [-0.15, -0.1) is 0 Å². The normalized spacial score (nSPS) is 10.4. The van der Waals surface area contributed by atoms with Crippen LogP contribution in [0.25, 0.3) is 0 Å². The van der Waals surface area contributed by atoms with Gasteiger partial charge in [-0.25, -0.2) is 27.7 Å². The Kier molecular flexibility index (Phi) is 9.37. The van der Waals surface area contributed by atoms with E-state index in [2.05, 4.69) is 15.3 Å². The minimum absolute atomic E-state index is 0. The molecule has 1 aromatic heterocycles. The van der Waals surface area contributed by atoms with Crippen LogP contribution in [0.3, 0.4) is 0 Å². The standard InChI is InChI=1S/C15H15ClN4O6S.Ca.2H/c1-3-26-13(21)9-6-4-5-7-10(9)27(23,24)20-15(22)19-14-17-11(16)8-12(18-14)25-2;;;/h4-8H,3H2,1-2H3,(H2,17,18,19,20,22);;;/q;+2;2*-1. The molecule has 1 heterocycles. The number of halogens is 1. The third-order valence-corrected chi connectivity index (χ3v) is 4.59. The van der Waals surface area contributed by atoms with Crippen LogP contribution < -0.4 is 14.8 Å². The SMILES string of the molecule is CCOC(=O)c1ccccc1S(=O)(=O)NC(=O)Nc1nc(Cl)cc(OC)n1.[Ca+2].[H-].[H-]. The number of urea groups is 1. The summed E-state index contributed by atoms with van der Waals surface area (Å²) in [6, 6.07) is 5.46. The summed E-state index contributed by atoms with van der Waals surface area (Å²) >= 11 is 5.75. The maximum Gasteiger partial charge on any atom is 2.00 e. The van der Waals surface area contributed by atoms with Crippen molar-refractivity contribution < 1.29 is 30.3 Å². The van der Waals surface area contributed by atoms with Gasteiger partial charge in [-0.1, -0.05) is 23.7 Å². The summed E-state index contributed by atoms with van der Waals surface area (Å²) in [7, 11) is -3.05. The van der Waals surface area contributed by atoms with Crippen LogP contribution in [0.2, 0.25) is 5.15 Å². The first-order valence-corrected chi connectivity index (χ1v) is 9.31. The van der Waals surface area contributed by atoms with Crippen molar-refractivity contribution in [3.63, 3.8) is 0 Å². The second-order valence-electron chi connectivity index (χ2n) is 4.83. The molecule has 0 atom stereocenters. The summed E-state index contributed by atoms with van der Waals surface area (Å²) < 4.78 is 36.4. The van der Waals surface area contributed by atoms with Crippen molar-refractivity contribution in [1.29, 1.82) is 0 Å². The molecule has 0 saturated heterocycles. The van der Waals surface area contributed by atoms with Crippen LogP contribution in [0.5, 0.6) is 5.88 Å². The van der Waals surface area contributed by atoms with E-state index in [9.17, 15) is 18.0 Å². The predicted molar refractivity (Wildman–Crippen MR) is 103 cm³/mol. The minimum atomic E-state index is -4.38. The van der Waals surface area contributed by atoms with Gasteiger partial charge in [0.05, 0.1) is 19.3 Å². The molecule has 2 aromatic rings. The fraction of sp³-hybridized carbons (Fsp3) is 0.200. The minimum Gasteiger partial charge on any atom is -1.00 e. The van der Waals surface area contributed by atoms with Gasteiger partial charge in [0.2, 0.25) is 11.8 Å². The van der Waals surface area contributed by atoms with Crippen molar-refractivity contribution in [2.45, 2.75) is 11.8 Å². The van der Waals surface area contributed by atoms with Crippen molar-refractivity contribution in [2.75, 3.05) is 19.0 Å². The number of ether oxygens (including phenoxy) is 2. The first kappa shape index (κ1) is 24.4. The number of nitrogens with zero attached hydrogens (tertiary/aromatic N) is 2. The maximum absolute atomic E-state index is 12.5. The zero-order valence-electron chi connectivity index (χ0n) is 16.9. The van der Waals surface area contributed by atoms with E-state index in [0.717, 1.165) is 0 Å². The molecule has 0 aliphatic rings. The second kappa shape index (κ2) is 10.8. The van der Waals surface area contributed by atoms with Gasteiger partial charge in [0.15, 0.2) is 0 Å². The van der Waals surface area contributed by atoms with Crippen LogP contribution in [-0.2, 0) is 14.8 Å². The molecule has 0 fully saturated rings. The van der Waals surface area contributed by atoms with Gasteiger partial charge in [0, 0.05) is 6.07 Å². The Hall–Kier alpha value is -1.66. The molecule has 0 spiro atoms. The zero-order chi connectivity index (χ0) is 20.0. The van der Waals surface area contributed by atoms with Crippen molar-refractivity contribution in [3.05, 3.63) is 41.0 Å². The Balaban J connectivity index is 0. The molecule has 2 amide bonds. The molecule has 0 bridgehead atoms. The number of amides is 2. The van der Waals surface area contributed by atoms with Gasteiger partial charge in [0.1, 0.15) is 10.0 Å². The molecule has 0 radical (unpaired) electrons. The number of anilines is 1. The van der Waals surface area contributed by atoms with Gasteiger partial charge in [-0.2, -0.15) is 4.98 Å².